The highest BCUT2D eigenvalue weighted by Gasteiger charge is 2.12. The van der Waals surface area contributed by atoms with Crippen LogP contribution in [0.2, 0.25) is 5.02 Å². The second-order valence-electron chi connectivity index (χ2n) is 4.33. The number of non-ortho nitro benzene ring substituents is 1. The van der Waals surface area contributed by atoms with Crippen molar-refractivity contribution in [2.45, 2.75) is 0 Å². The molecule has 0 saturated carbocycles. The van der Waals surface area contributed by atoms with Gasteiger partial charge in [0.15, 0.2) is 6.61 Å². The first-order valence-corrected chi connectivity index (χ1v) is 8.15. The van der Waals surface area contributed by atoms with Gasteiger partial charge in [-0.3, -0.25) is 14.9 Å². The maximum atomic E-state index is 11.9. The Hall–Kier alpha value is -1.64. The molecule has 0 saturated heterocycles. The van der Waals surface area contributed by atoms with Crippen LogP contribution < -0.4 is 10.1 Å². The summed E-state index contributed by atoms with van der Waals surface area (Å²) in [4.78, 5) is 22.0. The van der Waals surface area contributed by atoms with Gasteiger partial charge in [0, 0.05) is 21.1 Å². The van der Waals surface area contributed by atoms with Crippen LogP contribution in [0.15, 0.2) is 45.3 Å². The van der Waals surface area contributed by atoms with Gasteiger partial charge in [-0.25, -0.2) is 0 Å². The molecule has 0 aromatic heterocycles. The molecular weight excluding hydrogens is 455 g/mol. The molecule has 0 radical (unpaired) electrons. The van der Waals surface area contributed by atoms with Crippen molar-refractivity contribution in [2.24, 2.45) is 0 Å². The summed E-state index contributed by atoms with van der Waals surface area (Å²) in [5, 5.41) is 13.6. The number of nitrogens with zero attached hydrogens (tertiary/aromatic N) is 1. The van der Waals surface area contributed by atoms with E-state index in [9.17, 15) is 14.9 Å². The number of hydrogen-bond acceptors (Lipinski definition) is 4. The Balaban J connectivity index is 1.98. The largest absolute Gasteiger partial charge is 0.482 e. The van der Waals surface area contributed by atoms with E-state index in [1.807, 2.05) is 0 Å². The molecular formula is C14H9Br2ClN2O4. The van der Waals surface area contributed by atoms with Gasteiger partial charge in [0.2, 0.25) is 0 Å². The number of anilines is 1. The first-order chi connectivity index (χ1) is 10.9. The van der Waals surface area contributed by atoms with Crippen LogP contribution in [0.3, 0.4) is 0 Å². The van der Waals surface area contributed by atoms with Gasteiger partial charge in [-0.05, 0) is 40.2 Å². The average molecular weight is 464 g/mol. The van der Waals surface area contributed by atoms with E-state index in [2.05, 4.69) is 37.2 Å². The molecule has 2 rings (SSSR count). The first-order valence-electron chi connectivity index (χ1n) is 6.18. The molecule has 1 amide bonds. The van der Waals surface area contributed by atoms with Gasteiger partial charge >= 0.3 is 0 Å². The average Bonchev–Trinajstić information content (AvgIpc) is 2.48. The summed E-state index contributed by atoms with van der Waals surface area (Å²) in [5.41, 5.74) is 0.332. The molecule has 23 heavy (non-hydrogen) atoms. The van der Waals surface area contributed by atoms with Gasteiger partial charge in [0.1, 0.15) is 5.75 Å². The second kappa shape index (κ2) is 7.76. The summed E-state index contributed by atoms with van der Waals surface area (Å²) in [7, 11) is 0. The molecule has 0 bridgehead atoms. The molecule has 0 atom stereocenters. The smallest absolute Gasteiger partial charge is 0.270 e. The van der Waals surface area contributed by atoms with Crippen molar-refractivity contribution in [3.05, 3.63) is 60.5 Å². The van der Waals surface area contributed by atoms with Crippen LogP contribution in [0.1, 0.15) is 0 Å². The van der Waals surface area contributed by atoms with Crippen molar-refractivity contribution in [1.82, 2.24) is 0 Å². The normalized spacial score (nSPS) is 10.2. The summed E-state index contributed by atoms with van der Waals surface area (Å²) < 4.78 is 6.54. The Morgan fingerprint density at radius 3 is 2.61 bits per heavy atom. The maximum absolute atomic E-state index is 11.9. The van der Waals surface area contributed by atoms with Crippen molar-refractivity contribution in [2.75, 3.05) is 11.9 Å². The lowest BCUT2D eigenvalue weighted by Gasteiger charge is -2.10. The number of nitro benzene ring substituents is 1. The van der Waals surface area contributed by atoms with Crippen LogP contribution in [-0.2, 0) is 4.79 Å². The third-order valence-corrected chi connectivity index (χ3v) is 4.13. The number of halogens is 3. The summed E-state index contributed by atoms with van der Waals surface area (Å²) in [6, 6.07) is 9.08. The monoisotopic (exact) mass is 462 g/mol. The van der Waals surface area contributed by atoms with Crippen molar-refractivity contribution < 1.29 is 14.5 Å². The Morgan fingerprint density at radius 2 is 2.00 bits per heavy atom. The Labute approximate surface area is 153 Å². The number of nitrogens with one attached hydrogen (secondary N) is 1. The van der Waals surface area contributed by atoms with Gasteiger partial charge < -0.3 is 10.1 Å². The number of ether oxygens (including phenoxy) is 1. The number of benzene rings is 2. The minimum atomic E-state index is -0.519. The van der Waals surface area contributed by atoms with E-state index in [-0.39, 0.29) is 12.3 Å². The molecule has 0 spiro atoms. The maximum Gasteiger partial charge on any atom is 0.270 e. The minimum Gasteiger partial charge on any atom is -0.482 e. The molecule has 0 unspecified atom stereocenters. The molecule has 1 N–H and O–H groups in total. The van der Waals surface area contributed by atoms with Gasteiger partial charge in [-0.2, -0.15) is 0 Å². The fourth-order valence-electron chi connectivity index (χ4n) is 1.64. The SMILES string of the molecule is O=C(COc1ccc(Br)cc1Cl)Nc1ccc([N+](=O)[O-])cc1Br. The number of carbonyl (C=O) groups excluding carboxylic acids is 1. The fraction of sp³-hybridized carbons (Fsp3) is 0.0714. The van der Waals surface area contributed by atoms with Gasteiger partial charge in [0.25, 0.3) is 11.6 Å². The predicted octanol–water partition coefficient (Wildman–Crippen LogP) is 4.79. The van der Waals surface area contributed by atoms with Gasteiger partial charge in [-0.15, -0.1) is 0 Å². The highest BCUT2D eigenvalue weighted by Crippen LogP contribution is 2.29. The van der Waals surface area contributed by atoms with Crippen molar-refractivity contribution in [3.8, 4) is 5.75 Å². The highest BCUT2D eigenvalue weighted by atomic mass is 79.9. The standard InChI is InChI=1S/C14H9Br2ClN2O4/c15-8-1-4-13(11(17)5-8)23-7-14(20)18-12-3-2-9(19(21)22)6-10(12)16/h1-6H,7H2,(H,18,20). The topological polar surface area (TPSA) is 81.5 Å². The van der Waals surface area contributed by atoms with Crippen molar-refractivity contribution in [3.63, 3.8) is 0 Å². The summed E-state index contributed by atoms with van der Waals surface area (Å²) in [6.07, 6.45) is 0. The van der Waals surface area contributed by atoms with E-state index >= 15 is 0 Å². The van der Waals surface area contributed by atoms with E-state index in [1.165, 1.54) is 18.2 Å². The molecule has 0 aliphatic heterocycles. The van der Waals surface area contributed by atoms with Crippen LogP contribution in [0, 0.1) is 10.1 Å². The molecule has 9 heteroatoms. The molecule has 2 aromatic rings. The Morgan fingerprint density at radius 1 is 1.26 bits per heavy atom. The lowest BCUT2D eigenvalue weighted by molar-refractivity contribution is -0.384. The Kier molecular flexibility index (Phi) is 5.97. The number of amides is 1. The summed E-state index contributed by atoms with van der Waals surface area (Å²) in [5.74, 6) is -0.0358. The molecule has 0 aliphatic carbocycles. The number of nitro groups is 1. The number of carbonyl (C=O) groups is 1. The van der Waals surface area contributed by atoms with Gasteiger partial charge in [0.05, 0.1) is 15.6 Å². The lowest BCUT2D eigenvalue weighted by atomic mass is 10.3. The van der Waals surface area contributed by atoms with E-state index in [1.54, 1.807) is 18.2 Å². The van der Waals surface area contributed by atoms with E-state index in [0.29, 0.717) is 20.9 Å². The summed E-state index contributed by atoms with van der Waals surface area (Å²) in [6.45, 7) is -0.245. The van der Waals surface area contributed by atoms with E-state index in [0.717, 1.165) is 4.47 Å². The lowest BCUT2D eigenvalue weighted by Crippen LogP contribution is -2.20. The first kappa shape index (κ1) is 17.7. The third-order valence-electron chi connectivity index (χ3n) is 2.69. The number of hydrogen-bond donors (Lipinski definition) is 1. The van der Waals surface area contributed by atoms with Crippen LogP contribution in [-0.4, -0.2) is 17.4 Å². The van der Waals surface area contributed by atoms with Crippen molar-refractivity contribution in [1.29, 1.82) is 0 Å². The van der Waals surface area contributed by atoms with E-state index in [4.69, 9.17) is 16.3 Å². The van der Waals surface area contributed by atoms with Crippen molar-refractivity contribution >= 4 is 60.7 Å². The van der Waals surface area contributed by atoms with E-state index < -0.39 is 10.8 Å². The Bertz CT molecular complexity index is 770. The zero-order chi connectivity index (χ0) is 17.0. The number of rotatable bonds is 5. The summed E-state index contributed by atoms with van der Waals surface area (Å²) >= 11 is 12.4. The molecule has 0 fully saturated rings. The molecule has 0 heterocycles. The third kappa shape index (κ3) is 4.92. The fourth-order valence-corrected chi connectivity index (χ4v) is 2.83. The second-order valence-corrected chi connectivity index (χ2v) is 6.51. The van der Waals surface area contributed by atoms with Crippen LogP contribution >= 0.6 is 43.5 Å². The van der Waals surface area contributed by atoms with Crippen LogP contribution in [0.5, 0.6) is 5.75 Å². The predicted molar refractivity (Wildman–Crippen MR) is 94.1 cm³/mol. The molecule has 0 aliphatic rings. The molecule has 6 nitrogen and oxygen atoms in total. The highest BCUT2D eigenvalue weighted by molar-refractivity contribution is 9.10. The zero-order valence-electron chi connectivity index (χ0n) is 11.4. The van der Waals surface area contributed by atoms with Gasteiger partial charge in [-0.1, -0.05) is 27.5 Å². The quantitative estimate of drug-likeness (QED) is 0.510. The minimum absolute atomic E-state index is 0.0761. The van der Waals surface area contributed by atoms with Crippen LogP contribution in [0.25, 0.3) is 0 Å². The van der Waals surface area contributed by atoms with Crippen LogP contribution in [0.4, 0.5) is 11.4 Å². The zero-order valence-corrected chi connectivity index (χ0v) is 15.3. The molecule has 2 aromatic carbocycles. The molecule has 120 valence electrons.